The van der Waals surface area contributed by atoms with Crippen molar-refractivity contribution >= 4 is 40.8 Å². The van der Waals surface area contributed by atoms with Gasteiger partial charge in [0.15, 0.2) is 17.3 Å². The van der Waals surface area contributed by atoms with Crippen LogP contribution in [0.4, 0.5) is 0 Å². The molecule has 0 aromatic rings. The average Bonchev–Trinajstić information content (AvgIpc) is 2.49. The number of carbonyl (C=O) groups excluding carboxylic acids is 5. The Kier molecular flexibility index (Phi) is 8.70. The highest BCUT2D eigenvalue weighted by Crippen LogP contribution is 2.31. The molecule has 152 valence electrons. The lowest BCUT2D eigenvalue weighted by Gasteiger charge is -2.43. The van der Waals surface area contributed by atoms with E-state index < -0.39 is 54.6 Å². The van der Waals surface area contributed by atoms with Gasteiger partial charge in [-0.2, -0.15) is 0 Å². The molecule has 0 N–H and O–H groups in total. The van der Waals surface area contributed by atoms with Gasteiger partial charge in [0.1, 0.15) is 6.10 Å². The van der Waals surface area contributed by atoms with Crippen LogP contribution in [0.1, 0.15) is 34.6 Å². The Bertz CT molecular complexity index is 604. The van der Waals surface area contributed by atoms with Crippen LogP contribution in [0.5, 0.6) is 0 Å². The van der Waals surface area contributed by atoms with Crippen LogP contribution in [0, 0.1) is 0 Å². The minimum atomic E-state index is -1.42. The molecule has 0 saturated carbocycles. The second-order valence-corrected chi connectivity index (χ2v) is 6.87. The predicted octanol–water partition coefficient (Wildman–Crippen LogP) is 0.349. The maximum Gasteiger partial charge on any atom is 0.305 e. The van der Waals surface area contributed by atoms with Crippen molar-refractivity contribution in [1.29, 1.82) is 0 Å². The molecule has 0 aromatic carbocycles. The van der Waals surface area contributed by atoms with Crippen LogP contribution >= 0.6 is 11.8 Å². The minimum Gasteiger partial charge on any atom is -0.456 e. The van der Waals surface area contributed by atoms with E-state index in [0.717, 1.165) is 39.5 Å². The molecule has 0 bridgehead atoms. The van der Waals surface area contributed by atoms with Crippen LogP contribution in [-0.4, -0.2) is 65.5 Å². The van der Waals surface area contributed by atoms with Crippen molar-refractivity contribution in [3.8, 4) is 0 Å². The zero-order chi connectivity index (χ0) is 20.7. The summed E-state index contributed by atoms with van der Waals surface area (Å²) in [6.07, 6.45) is -6.23. The third-order valence-electron chi connectivity index (χ3n) is 3.23. The molecule has 27 heavy (non-hydrogen) atoms. The van der Waals surface area contributed by atoms with Crippen molar-refractivity contribution in [3.63, 3.8) is 0 Å². The largest absolute Gasteiger partial charge is 0.456 e. The third-order valence-corrected chi connectivity index (χ3v) is 4.13. The summed E-state index contributed by atoms with van der Waals surface area (Å²) in [5.74, 6) is -2.91. The van der Waals surface area contributed by atoms with Gasteiger partial charge in [-0.15, -0.1) is 0 Å². The standard InChI is InChI=1S/C16H22O10S/c1-7(17)22-13-12(6-27-11(5)21)26-16(25-10(4)20)15(24-9(3)19)14(13)23-8(2)18/h12-16H,6H2,1-5H3/t12?,13-,14-,15?,16-/m1/s1. The molecule has 1 heterocycles. The normalized spacial score (nSPS) is 27.2. The quantitative estimate of drug-likeness (QED) is 0.447. The number of carbonyl (C=O) groups is 5. The van der Waals surface area contributed by atoms with Crippen LogP contribution in [0.15, 0.2) is 0 Å². The van der Waals surface area contributed by atoms with E-state index in [0.29, 0.717) is 0 Å². The summed E-state index contributed by atoms with van der Waals surface area (Å²) < 4.78 is 26.2. The highest BCUT2D eigenvalue weighted by Gasteiger charge is 2.53. The summed E-state index contributed by atoms with van der Waals surface area (Å²) in [6, 6.07) is 0. The van der Waals surface area contributed by atoms with E-state index in [4.69, 9.17) is 23.7 Å². The summed E-state index contributed by atoms with van der Waals surface area (Å²) in [4.78, 5) is 57.3. The molecular formula is C16H22O10S. The van der Waals surface area contributed by atoms with Crippen LogP contribution in [0.3, 0.4) is 0 Å². The van der Waals surface area contributed by atoms with Gasteiger partial charge < -0.3 is 23.7 Å². The fourth-order valence-electron chi connectivity index (χ4n) is 2.45. The number of hydrogen-bond donors (Lipinski definition) is 0. The summed E-state index contributed by atoms with van der Waals surface area (Å²) in [7, 11) is 0. The number of hydrogen-bond acceptors (Lipinski definition) is 11. The second-order valence-electron chi connectivity index (χ2n) is 5.68. The monoisotopic (exact) mass is 406 g/mol. The van der Waals surface area contributed by atoms with Crippen molar-refractivity contribution < 1.29 is 47.7 Å². The number of rotatable bonds is 6. The fraction of sp³-hybridized carbons (Fsp3) is 0.688. The van der Waals surface area contributed by atoms with Gasteiger partial charge in [0.05, 0.1) is 0 Å². The molecule has 1 rings (SSSR count). The van der Waals surface area contributed by atoms with E-state index in [1.54, 1.807) is 0 Å². The molecule has 1 saturated heterocycles. The van der Waals surface area contributed by atoms with E-state index in [-0.39, 0.29) is 10.9 Å². The molecule has 0 aliphatic carbocycles. The molecule has 0 amide bonds. The summed E-state index contributed by atoms with van der Waals surface area (Å²) >= 11 is 0.882. The maximum atomic E-state index is 11.6. The van der Waals surface area contributed by atoms with Crippen molar-refractivity contribution in [1.82, 2.24) is 0 Å². The second kappa shape index (κ2) is 10.3. The van der Waals surface area contributed by atoms with Gasteiger partial charge in [-0.25, -0.2) is 0 Å². The van der Waals surface area contributed by atoms with Gasteiger partial charge in [0.25, 0.3) is 0 Å². The lowest BCUT2D eigenvalue weighted by molar-refractivity contribution is -0.291. The molecule has 0 aromatic heterocycles. The van der Waals surface area contributed by atoms with Gasteiger partial charge in [-0.05, 0) is 0 Å². The molecule has 1 fully saturated rings. The van der Waals surface area contributed by atoms with Gasteiger partial charge >= 0.3 is 23.9 Å². The van der Waals surface area contributed by atoms with Crippen molar-refractivity contribution in [2.75, 3.05) is 5.75 Å². The van der Waals surface area contributed by atoms with Gasteiger partial charge in [0.2, 0.25) is 12.4 Å². The van der Waals surface area contributed by atoms with E-state index in [1.807, 2.05) is 0 Å². The molecule has 1 aliphatic rings. The zero-order valence-corrected chi connectivity index (χ0v) is 16.4. The summed E-state index contributed by atoms with van der Waals surface area (Å²) in [5.41, 5.74) is 0. The predicted molar refractivity (Wildman–Crippen MR) is 90.2 cm³/mol. The fourth-order valence-corrected chi connectivity index (χ4v) is 3.11. The van der Waals surface area contributed by atoms with Crippen molar-refractivity contribution in [3.05, 3.63) is 0 Å². The highest BCUT2D eigenvalue weighted by molar-refractivity contribution is 8.13. The lowest BCUT2D eigenvalue weighted by Crippen LogP contribution is -2.62. The van der Waals surface area contributed by atoms with E-state index >= 15 is 0 Å². The maximum absolute atomic E-state index is 11.6. The number of esters is 4. The van der Waals surface area contributed by atoms with Gasteiger partial charge in [-0.1, -0.05) is 11.8 Å². The third kappa shape index (κ3) is 7.55. The first-order chi connectivity index (χ1) is 12.5. The minimum absolute atomic E-state index is 0.0234. The average molecular weight is 406 g/mol. The zero-order valence-electron chi connectivity index (χ0n) is 15.6. The first kappa shape index (κ1) is 22.9. The van der Waals surface area contributed by atoms with Gasteiger partial charge in [0, 0.05) is 40.4 Å². The van der Waals surface area contributed by atoms with Crippen LogP contribution in [-0.2, 0) is 47.7 Å². The first-order valence-electron chi connectivity index (χ1n) is 7.99. The smallest absolute Gasteiger partial charge is 0.305 e. The summed E-state index contributed by atoms with van der Waals surface area (Å²) in [6.45, 7) is 5.81. The SMILES string of the molecule is CC(=O)OC1[C@H](OC(C)=O)OC(CSC(C)=O)[C@@H](OC(C)=O)[C@H]1OC(C)=O. The molecular weight excluding hydrogens is 384 g/mol. The molecule has 10 nitrogen and oxygen atoms in total. The Morgan fingerprint density at radius 1 is 0.704 bits per heavy atom. The molecule has 11 heteroatoms. The first-order valence-corrected chi connectivity index (χ1v) is 8.97. The lowest BCUT2D eigenvalue weighted by atomic mass is 9.98. The Morgan fingerprint density at radius 2 is 1.15 bits per heavy atom. The van der Waals surface area contributed by atoms with E-state index in [2.05, 4.69) is 0 Å². The molecule has 1 aliphatic heterocycles. The number of thioether (sulfide) groups is 1. The van der Waals surface area contributed by atoms with Crippen LogP contribution < -0.4 is 0 Å². The van der Waals surface area contributed by atoms with Crippen molar-refractivity contribution in [2.45, 2.75) is 65.3 Å². The van der Waals surface area contributed by atoms with E-state index in [1.165, 1.54) is 6.92 Å². The molecule has 0 radical (unpaired) electrons. The van der Waals surface area contributed by atoms with Gasteiger partial charge in [-0.3, -0.25) is 24.0 Å². The highest BCUT2D eigenvalue weighted by atomic mass is 32.2. The molecule has 0 spiro atoms. The Balaban J connectivity index is 3.29. The topological polar surface area (TPSA) is 132 Å². The Labute approximate surface area is 160 Å². The Morgan fingerprint density at radius 3 is 1.59 bits per heavy atom. The summed E-state index contributed by atoms with van der Waals surface area (Å²) in [5, 5.41) is -0.227. The van der Waals surface area contributed by atoms with Crippen LogP contribution in [0.25, 0.3) is 0 Å². The Hall–Kier alpha value is -2.14. The number of ether oxygens (including phenoxy) is 5. The molecule has 2 unspecified atom stereocenters. The molecule has 5 atom stereocenters. The van der Waals surface area contributed by atoms with E-state index in [9.17, 15) is 24.0 Å². The van der Waals surface area contributed by atoms with Crippen LogP contribution in [0.2, 0.25) is 0 Å². The van der Waals surface area contributed by atoms with Crippen molar-refractivity contribution in [2.24, 2.45) is 0 Å².